The van der Waals surface area contributed by atoms with E-state index in [0.29, 0.717) is 5.56 Å². The zero-order chi connectivity index (χ0) is 20.9. The maximum atomic E-state index is 13.1. The fraction of sp³-hybridized carbons (Fsp3) is 0.240. The van der Waals surface area contributed by atoms with Gasteiger partial charge in [-0.1, -0.05) is 105 Å². The van der Waals surface area contributed by atoms with Gasteiger partial charge in [-0.3, -0.25) is 4.79 Å². The second-order valence-corrected chi connectivity index (χ2v) is 8.16. The summed E-state index contributed by atoms with van der Waals surface area (Å²) in [4.78, 5) is 25.7. The van der Waals surface area contributed by atoms with Crippen LogP contribution in [0.15, 0.2) is 96.2 Å². The molecule has 0 heterocycles. The summed E-state index contributed by atoms with van der Waals surface area (Å²) in [6.45, 7) is 5.93. The van der Waals surface area contributed by atoms with Gasteiger partial charge in [-0.15, -0.1) is 4.91 Å². The molecule has 0 aromatic heterocycles. The van der Waals surface area contributed by atoms with Crippen LogP contribution in [-0.2, 0) is 5.54 Å². The Hall–Kier alpha value is -3.27. The van der Waals surface area contributed by atoms with Crippen LogP contribution >= 0.6 is 0 Å². The number of rotatable bonds is 6. The predicted octanol–water partition coefficient (Wildman–Crippen LogP) is 5.87. The minimum atomic E-state index is -1.21. The van der Waals surface area contributed by atoms with Gasteiger partial charge in [0.05, 0.1) is 6.04 Å². The van der Waals surface area contributed by atoms with Gasteiger partial charge in [-0.25, -0.2) is 0 Å². The zero-order valence-corrected chi connectivity index (χ0v) is 17.0. The average molecular weight is 386 g/mol. The molecule has 0 aliphatic rings. The number of carbonyl (C=O) groups is 1. The summed E-state index contributed by atoms with van der Waals surface area (Å²) in [5, 5.41) is 6.83. The van der Waals surface area contributed by atoms with Gasteiger partial charge in [0.25, 0.3) is 5.91 Å². The van der Waals surface area contributed by atoms with Crippen molar-refractivity contribution in [1.29, 1.82) is 0 Å². The van der Waals surface area contributed by atoms with Gasteiger partial charge in [0.1, 0.15) is 0 Å². The quantitative estimate of drug-likeness (QED) is 0.539. The summed E-state index contributed by atoms with van der Waals surface area (Å²) >= 11 is 0. The van der Waals surface area contributed by atoms with Crippen molar-refractivity contribution in [2.24, 2.45) is 10.6 Å². The first-order valence-electron chi connectivity index (χ1n) is 9.71. The smallest absolute Gasteiger partial charge is 0.251 e. The number of benzene rings is 3. The molecule has 0 aliphatic heterocycles. The monoisotopic (exact) mass is 386 g/mol. The van der Waals surface area contributed by atoms with Gasteiger partial charge in [-0.2, -0.15) is 0 Å². The molecule has 3 aromatic rings. The number of nitroso groups, excluding NO2 is 1. The van der Waals surface area contributed by atoms with E-state index < -0.39 is 17.0 Å². The van der Waals surface area contributed by atoms with Gasteiger partial charge < -0.3 is 5.32 Å². The summed E-state index contributed by atoms with van der Waals surface area (Å²) in [7, 11) is 0. The van der Waals surface area contributed by atoms with Crippen molar-refractivity contribution in [2.75, 3.05) is 0 Å². The molecule has 0 spiro atoms. The molecular formula is C25H26N2O2. The van der Waals surface area contributed by atoms with Crippen LogP contribution in [0.25, 0.3) is 0 Å². The molecule has 0 fully saturated rings. The third kappa shape index (κ3) is 3.97. The van der Waals surface area contributed by atoms with Crippen LogP contribution in [-0.4, -0.2) is 5.91 Å². The summed E-state index contributed by atoms with van der Waals surface area (Å²) in [6, 6.07) is 27.4. The summed E-state index contributed by atoms with van der Waals surface area (Å²) in [5.41, 5.74) is 0.357. The minimum Gasteiger partial charge on any atom is -0.342 e. The van der Waals surface area contributed by atoms with Crippen LogP contribution < -0.4 is 5.32 Å². The lowest BCUT2D eigenvalue weighted by atomic mass is 9.64. The molecule has 1 amide bonds. The molecule has 4 heteroatoms. The lowest BCUT2D eigenvalue weighted by molar-refractivity contribution is 0.0830. The molecule has 0 unspecified atom stereocenters. The van der Waals surface area contributed by atoms with Crippen molar-refractivity contribution in [3.8, 4) is 0 Å². The molecule has 29 heavy (non-hydrogen) atoms. The van der Waals surface area contributed by atoms with Gasteiger partial charge in [-0.05, 0) is 28.7 Å². The average Bonchev–Trinajstić information content (AvgIpc) is 2.75. The zero-order valence-electron chi connectivity index (χ0n) is 17.0. The molecule has 0 saturated heterocycles. The fourth-order valence-corrected chi connectivity index (χ4v) is 3.85. The van der Waals surface area contributed by atoms with Crippen LogP contribution in [0.4, 0.5) is 0 Å². The van der Waals surface area contributed by atoms with Crippen molar-refractivity contribution in [1.82, 2.24) is 5.32 Å². The maximum absolute atomic E-state index is 13.1. The molecule has 148 valence electrons. The first-order valence-corrected chi connectivity index (χ1v) is 9.71. The van der Waals surface area contributed by atoms with Gasteiger partial charge in [0, 0.05) is 5.56 Å². The summed E-state index contributed by atoms with van der Waals surface area (Å²) in [6.07, 6.45) is 0. The maximum Gasteiger partial charge on any atom is 0.251 e. The van der Waals surface area contributed by atoms with E-state index in [1.807, 2.05) is 99.6 Å². The number of nitrogens with zero attached hydrogens (tertiary/aromatic N) is 1. The van der Waals surface area contributed by atoms with Crippen LogP contribution in [0.5, 0.6) is 0 Å². The second kappa shape index (κ2) is 8.39. The van der Waals surface area contributed by atoms with E-state index in [0.717, 1.165) is 11.1 Å². The first-order chi connectivity index (χ1) is 13.9. The van der Waals surface area contributed by atoms with E-state index in [1.54, 1.807) is 12.1 Å². The Labute approximate surface area is 172 Å². The van der Waals surface area contributed by atoms with E-state index in [9.17, 15) is 9.70 Å². The van der Waals surface area contributed by atoms with Crippen LogP contribution in [0.3, 0.4) is 0 Å². The Morgan fingerprint density at radius 3 is 1.76 bits per heavy atom. The third-order valence-corrected chi connectivity index (χ3v) is 5.36. The van der Waals surface area contributed by atoms with E-state index in [2.05, 4.69) is 10.5 Å². The van der Waals surface area contributed by atoms with Crippen LogP contribution in [0, 0.1) is 10.3 Å². The van der Waals surface area contributed by atoms with E-state index in [-0.39, 0.29) is 5.91 Å². The third-order valence-electron chi connectivity index (χ3n) is 5.36. The van der Waals surface area contributed by atoms with Crippen LogP contribution in [0.2, 0.25) is 0 Å². The molecule has 1 N–H and O–H groups in total. The van der Waals surface area contributed by atoms with E-state index in [1.165, 1.54) is 0 Å². The Morgan fingerprint density at radius 2 is 1.28 bits per heavy atom. The highest BCUT2D eigenvalue weighted by Gasteiger charge is 2.53. The lowest BCUT2D eigenvalue weighted by Crippen LogP contribution is -2.50. The number of hydrogen-bond donors (Lipinski definition) is 1. The highest BCUT2D eigenvalue weighted by Crippen LogP contribution is 2.51. The van der Waals surface area contributed by atoms with Crippen molar-refractivity contribution in [3.63, 3.8) is 0 Å². The van der Waals surface area contributed by atoms with E-state index >= 15 is 0 Å². The largest absolute Gasteiger partial charge is 0.342 e. The first kappa shape index (κ1) is 20.5. The number of nitrogens with one attached hydrogen (secondary N) is 1. The fourth-order valence-electron chi connectivity index (χ4n) is 3.85. The molecule has 0 aliphatic carbocycles. The van der Waals surface area contributed by atoms with Crippen LogP contribution in [0.1, 0.15) is 48.3 Å². The molecule has 0 bridgehead atoms. The van der Waals surface area contributed by atoms with Gasteiger partial charge in [0.2, 0.25) is 0 Å². The SMILES string of the molecule is CC(C)(C)[C@@](N=O)(c1ccccc1)[C@@H](NC(=O)c1ccccc1)c1ccccc1. The standard InChI is InChI=1S/C25H26N2O2/c1-24(2,3)25(27-29,21-17-11-6-12-18-21)22(19-13-7-4-8-14-19)26-23(28)20-15-9-5-10-16-20/h4-18,22H,1-3H3,(H,26,28)/t22-,25+/m0/s1. The van der Waals surface area contributed by atoms with Crippen molar-refractivity contribution in [2.45, 2.75) is 32.4 Å². The Balaban J connectivity index is 2.19. The highest BCUT2D eigenvalue weighted by atomic mass is 16.3. The highest BCUT2D eigenvalue weighted by molar-refractivity contribution is 5.94. The molecular weight excluding hydrogens is 360 g/mol. The summed E-state index contributed by atoms with van der Waals surface area (Å²) in [5.74, 6) is -0.243. The molecule has 0 saturated carbocycles. The lowest BCUT2D eigenvalue weighted by Gasteiger charge is -2.45. The number of amides is 1. The van der Waals surface area contributed by atoms with Gasteiger partial charge >= 0.3 is 0 Å². The number of carbonyl (C=O) groups excluding carboxylic acids is 1. The second-order valence-electron chi connectivity index (χ2n) is 8.16. The Morgan fingerprint density at radius 1 is 0.793 bits per heavy atom. The van der Waals surface area contributed by atoms with Crippen molar-refractivity contribution >= 4 is 5.91 Å². The molecule has 4 nitrogen and oxygen atoms in total. The molecule has 2 atom stereocenters. The topological polar surface area (TPSA) is 58.5 Å². The number of hydrogen-bond acceptors (Lipinski definition) is 3. The van der Waals surface area contributed by atoms with Gasteiger partial charge in [0.15, 0.2) is 5.54 Å². The molecule has 3 aromatic carbocycles. The molecule has 3 rings (SSSR count). The van der Waals surface area contributed by atoms with Crippen molar-refractivity contribution in [3.05, 3.63) is 113 Å². The predicted molar refractivity (Wildman–Crippen MR) is 116 cm³/mol. The van der Waals surface area contributed by atoms with E-state index in [4.69, 9.17) is 0 Å². The summed E-state index contributed by atoms with van der Waals surface area (Å²) < 4.78 is 0. The Bertz CT molecular complexity index is 950. The Kier molecular flexibility index (Phi) is 5.92. The van der Waals surface area contributed by atoms with Crippen molar-refractivity contribution < 1.29 is 4.79 Å². The minimum absolute atomic E-state index is 0.243. The molecule has 0 radical (unpaired) electrons. The normalized spacial score (nSPS) is 14.4.